The molecule has 0 unspecified atom stereocenters. The molecule has 1 rings (SSSR count). The van der Waals surface area contributed by atoms with Crippen molar-refractivity contribution in [2.75, 3.05) is 13.2 Å². The fraction of sp³-hybridized carbons (Fsp3) is 0.250. The van der Waals surface area contributed by atoms with E-state index in [0.29, 0.717) is 6.07 Å². The lowest BCUT2D eigenvalue weighted by atomic mass is 10.2. The molecule has 0 aliphatic heterocycles. The molecular weight excluding hydrogens is 236 g/mol. The summed E-state index contributed by atoms with van der Waals surface area (Å²) < 4.78 is 4.78. The Morgan fingerprint density at radius 1 is 1.18 bits per heavy atom. The minimum atomic E-state index is -0.978. The predicted molar refractivity (Wildman–Crippen MR) is 54.0 cm³/mol. The second-order valence-electron chi connectivity index (χ2n) is 2.89. The molecule has 0 aliphatic carbocycles. The summed E-state index contributed by atoms with van der Waals surface area (Å²) in [6.07, 6.45) is 0. The van der Waals surface area contributed by atoms with Gasteiger partial charge in [-0.1, -0.05) is 0 Å². The van der Waals surface area contributed by atoms with Crippen LogP contribution in [0.2, 0.25) is 0 Å². The Morgan fingerprint density at radius 2 is 1.71 bits per heavy atom. The molecule has 0 saturated carbocycles. The average Bonchev–Trinajstić information content (AvgIpc) is 2.26. The van der Waals surface area contributed by atoms with E-state index in [1.165, 1.54) is 0 Å². The first-order valence-corrected chi connectivity index (χ1v) is 4.36. The second-order valence-corrected chi connectivity index (χ2v) is 2.89. The highest BCUT2D eigenvalue weighted by Gasteiger charge is 2.27. The molecule has 0 spiro atoms. The van der Waals surface area contributed by atoms with Crippen LogP contribution in [-0.4, -0.2) is 33.3 Å². The maximum Gasteiger partial charge on any atom is 0.350 e. The number of rotatable bonds is 5. The number of aliphatic hydroxyl groups is 1. The first-order chi connectivity index (χ1) is 7.97. The van der Waals surface area contributed by atoms with Gasteiger partial charge in [0.2, 0.25) is 0 Å². The molecule has 0 radical (unpaired) electrons. The molecule has 0 aliphatic rings. The lowest BCUT2D eigenvalue weighted by molar-refractivity contribution is -0.422. The Hall–Kier alpha value is -2.42. The van der Waals surface area contributed by atoms with Crippen molar-refractivity contribution in [2.24, 2.45) is 0 Å². The van der Waals surface area contributed by atoms with E-state index in [2.05, 4.69) is 0 Å². The predicted octanol–water partition coefficient (Wildman–Crippen LogP) is 0.580. The third kappa shape index (κ3) is 2.78. The van der Waals surface area contributed by atoms with Gasteiger partial charge in [-0.15, -0.1) is 0 Å². The Morgan fingerprint density at radius 3 is 2.18 bits per heavy atom. The van der Waals surface area contributed by atoms with Crippen LogP contribution in [0.4, 0.5) is 11.4 Å². The standard InChI is InChI=1S/C8H8N2O7/c11-1-2-17-8-4-6(10(15)16)5(9(13)14)3-7(8)12/h3-4,11-12H,1-2H2. The van der Waals surface area contributed by atoms with Gasteiger partial charge in [-0.3, -0.25) is 20.2 Å². The van der Waals surface area contributed by atoms with Crippen LogP contribution in [0.15, 0.2) is 12.1 Å². The van der Waals surface area contributed by atoms with Gasteiger partial charge in [-0.05, 0) is 0 Å². The molecule has 0 heterocycles. The summed E-state index contributed by atoms with van der Waals surface area (Å²) >= 11 is 0. The van der Waals surface area contributed by atoms with Gasteiger partial charge >= 0.3 is 11.4 Å². The topological polar surface area (TPSA) is 136 Å². The molecule has 1 aromatic rings. The van der Waals surface area contributed by atoms with Crippen molar-refractivity contribution in [3.8, 4) is 11.5 Å². The number of nitro groups is 2. The Bertz CT molecular complexity index is 459. The van der Waals surface area contributed by atoms with Crippen molar-refractivity contribution < 1.29 is 24.8 Å². The van der Waals surface area contributed by atoms with Gasteiger partial charge in [0.1, 0.15) is 6.61 Å². The van der Waals surface area contributed by atoms with E-state index < -0.39 is 27.0 Å². The van der Waals surface area contributed by atoms with Crippen LogP contribution in [0.3, 0.4) is 0 Å². The van der Waals surface area contributed by atoms with Gasteiger partial charge in [-0.25, -0.2) is 0 Å². The molecular formula is C8H8N2O7. The van der Waals surface area contributed by atoms with E-state index >= 15 is 0 Å². The highest BCUT2D eigenvalue weighted by molar-refractivity contribution is 5.61. The number of aliphatic hydroxyl groups excluding tert-OH is 1. The maximum absolute atomic E-state index is 10.6. The van der Waals surface area contributed by atoms with Crippen molar-refractivity contribution in [2.45, 2.75) is 0 Å². The van der Waals surface area contributed by atoms with Crippen LogP contribution < -0.4 is 4.74 Å². The molecule has 0 aromatic heterocycles. The fourth-order valence-electron chi connectivity index (χ4n) is 1.11. The van der Waals surface area contributed by atoms with Gasteiger partial charge in [0, 0.05) is 0 Å². The summed E-state index contributed by atoms with van der Waals surface area (Å²) in [4.78, 5) is 19.2. The largest absolute Gasteiger partial charge is 0.504 e. The van der Waals surface area contributed by atoms with Crippen LogP contribution in [0.5, 0.6) is 11.5 Å². The zero-order chi connectivity index (χ0) is 13.0. The maximum atomic E-state index is 10.6. The van der Waals surface area contributed by atoms with E-state index in [4.69, 9.17) is 9.84 Å². The Labute approximate surface area is 94.2 Å². The van der Waals surface area contributed by atoms with Crippen molar-refractivity contribution in [1.82, 2.24) is 0 Å². The van der Waals surface area contributed by atoms with Gasteiger partial charge in [-0.2, -0.15) is 0 Å². The van der Waals surface area contributed by atoms with E-state index in [1.54, 1.807) is 0 Å². The van der Waals surface area contributed by atoms with E-state index in [1.807, 2.05) is 0 Å². The van der Waals surface area contributed by atoms with Gasteiger partial charge in [0.25, 0.3) is 0 Å². The fourth-order valence-corrected chi connectivity index (χ4v) is 1.11. The zero-order valence-corrected chi connectivity index (χ0v) is 8.40. The molecule has 0 amide bonds. The molecule has 0 fully saturated rings. The number of benzene rings is 1. The number of nitro benzene ring substituents is 2. The van der Waals surface area contributed by atoms with Crippen LogP contribution >= 0.6 is 0 Å². The second kappa shape index (κ2) is 5.07. The third-order valence-corrected chi connectivity index (χ3v) is 1.80. The molecule has 2 N–H and O–H groups in total. The number of nitrogens with zero attached hydrogens (tertiary/aromatic N) is 2. The minimum absolute atomic E-state index is 0.192. The summed E-state index contributed by atoms with van der Waals surface area (Å²) in [6.45, 7) is -0.549. The Balaban J connectivity index is 3.24. The van der Waals surface area contributed by atoms with Crippen LogP contribution in [-0.2, 0) is 0 Å². The number of hydrogen-bond donors (Lipinski definition) is 2. The highest BCUT2D eigenvalue weighted by atomic mass is 16.6. The zero-order valence-electron chi connectivity index (χ0n) is 8.40. The lowest BCUT2D eigenvalue weighted by Gasteiger charge is -2.06. The van der Waals surface area contributed by atoms with Gasteiger partial charge in [0.05, 0.1) is 28.6 Å². The van der Waals surface area contributed by atoms with Gasteiger partial charge in [0.15, 0.2) is 11.5 Å². The van der Waals surface area contributed by atoms with Crippen LogP contribution in [0, 0.1) is 20.2 Å². The molecule has 9 nitrogen and oxygen atoms in total. The number of aromatic hydroxyl groups is 1. The molecule has 0 atom stereocenters. The molecule has 1 aromatic carbocycles. The smallest absolute Gasteiger partial charge is 0.350 e. The normalized spacial score (nSPS) is 9.94. The van der Waals surface area contributed by atoms with Crippen molar-refractivity contribution >= 4 is 11.4 Å². The SMILES string of the molecule is O=[N+]([O-])c1cc(O)c(OCCO)cc1[N+](=O)[O-]. The third-order valence-electron chi connectivity index (χ3n) is 1.80. The quantitative estimate of drug-likeness (QED) is 0.570. The summed E-state index contributed by atoms with van der Waals surface area (Å²) in [5, 5.41) is 38.9. The number of phenolic OH excluding ortho intramolecular Hbond substituents is 1. The molecule has 0 saturated heterocycles. The van der Waals surface area contributed by atoms with Crippen molar-refractivity contribution in [1.29, 1.82) is 0 Å². The summed E-state index contributed by atoms with van der Waals surface area (Å²) in [6, 6.07) is 1.37. The summed E-state index contributed by atoms with van der Waals surface area (Å²) in [5.74, 6) is -0.896. The minimum Gasteiger partial charge on any atom is -0.504 e. The monoisotopic (exact) mass is 244 g/mol. The summed E-state index contributed by atoms with van der Waals surface area (Å²) in [7, 11) is 0. The molecule has 92 valence electrons. The first-order valence-electron chi connectivity index (χ1n) is 4.36. The highest BCUT2D eigenvalue weighted by Crippen LogP contribution is 2.38. The lowest BCUT2D eigenvalue weighted by Crippen LogP contribution is -2.03. The first kappa shape index (κ1) is 12.6. The van der Waals surface area contributed by atoms with Gasteiger partial charge < -0.3 is 14.9 Å². The number of phenols is 1. The van der Waals surface area contributed by atoms with E-state index in [-0.39, 0.29) is 19.0 Å². The van der Waals surface area contributed by atoms with Crippen molar-refractivity contribution in [3.63, 3.8) is 0 Å². The average molecular weight is 244 g/mol. The van der Waals surface area contributed by atoms with E-state index in [9.17, 15) is 25.3 Å². The summed E-state index contributed by atoms with van der Waals surface area (Å²) in [5.41, 5.74) is -1.62. The van der Waals surface area contributed by atoms with Crippen LogP contribution in [0.25, 0.3) is 0 Å². The molecule has 9 heteroatoms. The number of ether oxygens (including phenoxy) is 1. The Kier molecular flexibility index (Phi) is 3.78. The molecule has 0 bridgehead atoms. The number of hydrogen-bond acceptors (Lipinski definition) is 7. The van der Waals surface area contributed by atoms with E-state index in [0.717, 1.165) is 6.07 Å². The van der Waals surface area contributed by atoms with Crippen molar-refractivity contribution in [3.05, 3.63) is 32.4 Å². The van der Waals surface area contributed by atoms with Crippen LogP contribution in [0.1, 0.15) is 0 Å². The molecule has 17 heavy (non-hydrogen) atoms.